The number of thiazole rings is 1. The highest BCUT2D eigenvalue weighted by molar-refractivity contribution is 7.80. The lowest BCUT2D eigenvalue weighted by molar-refractivity contribution is 0.309. The molecule has 6 heteroatoms. The zero-order valence-corrected chi connectivity index (χ0v) is 13.5. The summed E-state index contributed by atoms with van der Waals surface area (Å²) in [6.07, 6.45) is 4.03. The van der Waals surface area contributed by atoms with Crippen LogP contribution in [0.2, 0.25) is 0 Å². The highest BCUT2D eigenvalue weighted by Crippen LogP contribution is 2.27. The Kier molecular flexibility index (Phi) is 4.17. The molecule has 4 nitrogen and oxygen atoms in total. The molecular weight excluding hydrogens is 302 g/mol. The lowest BCUT2D eigenvalue weighted by atomic mass is 10.1. The van der Waals surface area contributed by atoms with Gasteiger partial charge in [0.25, 0.3) is 0 Å². The predicted molar refractivity (Wildman–Crippen MR) is 88.2 cm³/mol. The van der Waals surface area contributed by atoms with Gasteiger partial charge in [0, 0.05) is 17.0 Å². The second-order valence-corrected chi connectivity index (χ2v) is 6.50. The normalized spacial score (nSPS) is 13.2. The largest absolute Gasteiger partial charge is 0.477 e. The van der Waals surface area contributed by atoms with Gasteiger partial charge in [0.15, 0.2) is 0 Å². The van der Waals surface area contributed by atoms with Gasteiger partial charge in [-0.15, -0.1) is 11.3 Å². The fourth-order valence-electron chi connectivity index (χ4n) is 2.55. The van der Waals surface area contributed by atoms with Crippen LogP contribution in [0.5, 0.6) is 5.88 Å². The van der Waals surface area contributed by atoms with Crippen LogP contribution in [0.1, 0.15) is 33.8 Å². The molecule has 0 unspecified atom stereocenters. The van der Waals surface area contributed by atoms with Crippen molar-refractivity contribution in [3.63, 3.8) is 0 Å². The van der Waals surface area contributed by atoms with Crippen LogP contribution in [0.3, 0.4) is 0 Å². The molecule has 0 saturated heterocycles. The minimum absolute atomic E-state index is 0.348. The molecular formula is C15H17N3OS2. The van der Waals surface area contributed by atoms with Gasteiger partial charge in [0.05, 0.1) is 23.4 Å². The Morgan fingerprint density at radius 2 is 2.33 bits per heavy atom. The van der Waals surface area contributed by atoms with Gasteiger partial charge in [0.1, 0.15) is 4.99 Å². The molecule has 21 heavy (non-hydrogen) atoms. The first-order valence-electron chi connectivity index (χ1n) is 6.99. The molecule has 2 aromatic heterocycles. The summed E-state index contributed by atoms with van der Waals surface area (Å²) in [5.41, 5.74) is 11.9. The van der Waals surface area contributed by atoms with Crippen molar-refractivity contribution >= 4 is 28.5 Å². The number of thiocarbonyl (C=S) groups is 1. The van der Waals surface area contributed by atoms with Crippen LogP contribution in [-0.4, -0.2) is 21.6 Å². The van der Waals surface area contributed by atoms with Gasteiger partial charge in [-0.25, -0.2) is 9.97 Å². The average Bonchev–Trinajstić information content (AvgIpc) is 3.06. The van der Waals surface area contributed by atoms with Crippen molar-refractivity contribution in [2.45, 2.75) is 32.6 Å². The van der Waals surface area contributed by atoms with E-state index in [2.05, 4.69) is 9.97 Å². The number of pyridine rings is 1. The third-order valence-electron chi connectivity index (χ3n) is 3.69. The first-order chi connectivity index (χ1) is 10.1. The Labute approximate surface area is 133 Å². The number of ether oxygens (including phenoxy) is 1. The number of nitrogens with two attached hydrogens (primary N) is 1. The third kappa shape index (κ3) is 3.06. The molecule has 0 saturated carbocycles. The monoisotopic (exact) mass is 319 g/mol. The van der Waals surface area contributed by atoms with Crippen molar-refractivity contribution in [2.75, 3.05) is 6.61 Å². The van der Waals surface area contributed by atoms with Crippen LogP contribution >= 0.6 is 23.6 Å². The molecule has 0 aromatic carbocycles. The van der Waals surface area contributed by atoms with Crippen LogP contribution in [0, 0.1) is 6.92 Å². The minimum atomic E-state index is 0.348. The predicted octanol–water partition coefficient (Wildman–Crippen LogP) is 2.59. The van der Waals surface area contributed by atoms with Crippen LogP contribution in [0.4, 0.5) is 0 Å². The molecule has 0 fully saturated rings. The summed E-state index contributed by atoms with van der Waals surface area (Å²) in [4.78, 5) is 10.4. The van der Waals surface area contributed by atoms with E-state index in [0.29, 0.717) is 17.5 Å². The van der Waals surface area contributed by atoms with Crippen LogP contribution in [0.15, 0.2) is 11.6 Å². The second kappa shape index (κ2) is 6.07. The Balaban J connectivity index is 1.75. The summed E-state index contributed by atoms with van der Waals surface area (Å²) in [5, 5.41) is 0. The topological polar surface area (TPSA) is 61.0 Å². The van der Waals surface area contributed by atoms with Crippen molar-refractivity contribution in [1.29, 1.82) is 0 Å². The van der Waals surface area contributed by atoms with E-state index in [1.807, 2.05) is 18.5 Å². The van der Waals surface area contributed by atoms with Crippen molar-refractivity contribution in [1.82, 2.24) is 9.97 Å². The Morgan fingerprint density at radius 1 is 1.48 bits per heavy atom. The number of aromatic nitrogens is 2. The van der Waals surface area contributed by atoms with Gasteiger partial charge in [-0.2, -0.15) is 0 Å². The van der Waals surface area contributed by atoms with Crippen LogP contribution < -0.4 is 10.5 Å². The van der Waals surface area contributed by atoms with E-state index in [9.17, 15) is 0 Å². The summed E-state index contributed by atoms with van der Waals surface area (Å²) in [6, 6.07) is 2.05. The summed E-state index contributed by atoms with van der Waals surface area (Å²) in [5.74, 6) is 0.574. The van der Waals surface area contributed by atoms with E-state index in [4.69, 9.17) is 22.7 Å². The maximum absolute atomic E-state index is 5.85. The van der Waals surface area contributed by atoms with Crippen molar-refractivity contribution < 1.29 is 4.74 Å². The number of fused-ring (bicyclic) bond motifs is 1. The van der Waals surface area contributed by atoms with Gasteiger partial charge in [0.2, 0.25) is 5.88 Å². The number of aryl methyl sites for hydroxylation is 3. The smallest absolute Gasteiger partial charge is 0.224 e. The first-order valence-corrected chi connectivity index (χ1v) is 8.28. The zero-order valence-electron chi connectivity index (χ0n) is 11.9. The number of hydrogen-bond acceptors (Lipinski definition) is 5. The van der Waals surface area contributed by atoms with Crippen LogP contribution in [0.25, 0.3) is 0 Å². The van der Waals surface area contributed by atoms with Crippen molar-refractivity contribution in [3.05, 3.63) is 39.0 Å². The van der Waals surface area contributed by atoms with E-state index >= 15 is 0 Å². The van der Waals surface area contributed by atoms with Gasteiger partial charge in [-0.1, -0.05) is 12.2 Å². The van der Waals surface area contributed by atoms with Crippen molar-refractivity contribution in [3.8, 4) is 5.88 Å². The summed E-state index contributed by atoms with van der Waals surface area (Å²) in [7, 11) is 0. The standard InChI is InChI=1S/C15H17N3OS2/c1-9-13(21-8-17-9)5-6-19-15-11(14(16)20)7-10-3-2-4-12(10)18-15/h7-8H,2-6H2,1H3,(H2,16,20). The van der Waals surface area contributed by atoms with Gasteiger partial charge in [-0.3, -0.25) is 0 Å². The molecule has 2 heterocycles. The van der Waals surface area contributed by atoms with E-state index in [1.165, 1.54) is 10.4 Å². The molecule has 0 amide bonds. The summed E-state index contributed by atoms with van der Waals surface area (Å²) >= 11 is 6.77. The zero-order chi connectivity index (χ0) is 14.8. The minimum Gasteiger partial charge on any atom is -0.477 e. The molecule has 0 bridgehead atoms. The Hall–Kier alpha value is -1.53. The molecule has 0 spiro atoms. The van der Waals surface area contributed by atoms with Gasteiger partial charge in [-0.05, 0) is 37.8 Å². The highest BCUT2D eigenvalue weighted by Gasteiger charge is 2.18. The third-order valence-corrected chi connectivity index (χ3v) is 4.91. The van der Waals surface area contributed by atoms with Gasteiger partial charge < -0.3 is 10.5 Å². The van der Waals surface area contributed by atoms with Crippen molar-refractivity contribution in [2.24, 2.45) is 5.73 Å². The molecule has 2 aromatic rings. The molecule has 110 valence electrons. The van der Waals surface area contributed by atoms with Gasteiger partial charge >= 0.3 is 0 Å². The number of nitrogens with zero attached hydrogens (tertiary/aromatic N) is 2. The SMILES string of the molecule is Cc1ncsc1CCOc1nc2c(cc1C(N)=S)CCC2. The highest BCUT2D eigenvalue weighted by atomic mass is 32.1. The maximum Gasteiger partial charge on any atom is 0.224 e. The van der Waals surface area contributed by atoms with E-state index in [0.717, 1.165) is 42.6 Å². The molecule has 2 N–H and O–H groups in total. The fourth-order valence-corrected chi connectivity index (χ4v) is 3.45. The molecule has 3 rings (SSSR count). The van der Waals surface area contributed by atoms with E-state index < -0.39 is 0 Å². The number of hydrogen-bond donors (Lipinski definition) is 1. The Morgan fingerprint density at radius 3 is 3.05 bits per heavy atom. The molecule has 0 atom stereocenters. The molecule has 0 aliphatic heterocycles. The molecule has 0 radical (unpaired) electrons. The second-order valence-electron chi connectivity index (χ2n) is 5.12. The lowest BCUT2D eigenvalue weighted by Crippen LogP contribution is -2.15. The fraction of sp³-hybridized carbons (Fsp3) is 0.400. The average molecular weight is 319 g/mol. The van der Waals surface area contributed by atoms with Crippen LogP contribution in [-0.2, 0) is 19.3 Å². The van der Waals surface area contributed by atoms with E-state index in [1.54, 1.807) is 11.3 Å². The quantitative estimate of drug-likeness (QED) is 0.858. The molecule has 1 aliphatic rings. The van der Waals surface area contributed by atoms with E-state index in [-0.39, 0.29) is 0 Å². The summed E-state index contributed by atoms with van der Waals surface area (Å²) < 4.78 is 5.85. The lowest BCUT2D eigenvalue weighted by Gasteiger charge is -2.11. The molecule has 1 aliphatic carbocycles. The maximum atomic E-state index is 5.85. The first kappa shape index (κ1) is 14.4. The number of rotatable bonds is 5. The summed E-state index contributed by atoms with van der Waals surface area (Å²) in [6.45, 7) is 2.57. The Bertz CT molecular complexity index is 682.